The Bertz CT molecular complexity index is 821. The molecule has 0 bridgehead atoms. The molecule has 1 fully saturated rings. The van der Waals surface area contributed by atoms with Gasteiger partial charge in [-0.05, 0) is 23.8 Å². The van der Waals surface area contributed by atoms with Gasteiger partial charge in [-0.2, -0.15) is 0 Å². The molecule has 1 aliphatic heterocycles. The largest absolute Gasteiger partial charge is 0.492 e. The van der Waals surface area contributed by atoms with E-state index in [0.29, 0.717) is 6.61 Å². The van der Waals surface area contributed by atoms with Crippen molar-refractivity contribution >= 4 is 11.6 Å². The molecule has 0 saturated carbocycles. The number of nitrogens with one attached hydrogen (secondary N) is 1. The van der Waals surface area contributed by atoms with Gasteiger partial charge in [-0.1, -0.05) is 24.3 Å². The van der Waals surface area contributed by atoms with Crippen molar-refractivity contribution < 1.29 is 19.2 Å². The zero-order chi connectivity index (χ0) is 19.8. The van der Waals surface area contributed by atoms with Gasteiger partial charge in [0.2, 0.25) is 0 Å². The summed E-state index contributed by atoms with van der Waals surface area (Å²) < 4.78 is 11.1. The summed E-state index contributed by atoms with van der Waals surface area (Å²) in [4.78, 5) is 25.1. The SMILES string of the molecule is O=C(NCc1cccc(OCCN2CCOCC2)c1)c1ccccc1[N+](=O)[O-]. The lowest BCUT2D eigenvalue weighted by Crippen LogP contribution is -2.38. The minimum atomic E-state index is -0.558. The average molecular weight is 385 g/mol. The first kappa shape index (κ1) is 19.8. The normalized spacial score (nSPS) is 14.4. The number of ether oxygens (including phenoxy) is 2. The summed E-state index contributed by atoms with van der Waals surface area (Å²) >= 11 is 0. The third-order valence-corrected chi connectivity index (χ3v) is 4.48. The van der Waals surface area contributed by atoms with Crippen molar-refractivity contribution in [2.24, 2.45) is 0 Å². The van der Waals surface area contributed by atoms with Crippen molar-refractivity contribution in [1.82, 2.24) is 10.2 Å². The molecule has 28 heavy (non-hydrogen) atoms. The highest BCUT2D eigenvalue weighted by atomic mass is 16.6. The first-order valence-electron chi connectivity index (χ1n) is 9.17. The predicted molar refractivity (Wildman–Crippen MR) is 103 cm³/mol. The number of para-hydroxylation sites is 1. The maximum Gasteiger partial charge on any atom is 0.282 e. The number of nitro groups is 1. The third kappa shape index (κ3) is 5.51. The molecule has 1 amide bonds. The number of nitrogens with zero attached hydrogens (tertiary/aromatic N) is 2. The zero-order valence-corrected chi connectivity index (χ0v) is 15.5. The van der Waals surface area contributed by atoms with Gasteiger partial charge in [-0.15, -0.1) is 0 Å². The summed E-state index contributed by atoms with van der Waals surface area (Å²) in [6, 6.07) is 13.4. The molecule has 8 heteroatoms. The van der Waals surface area contributed by atoms with Gasteiger partial charge in [0.1, 0.15) is 17.9 Å². The van der Waals surface area contributed by atoms with Gasteiger partial charge in [0.15, 0.2) is 0 Å². The van der Waals surface area contributed by atoms with Gasteiger partial charge in [0, 0.05) is 32.2 Å². The summed E-state index contributed by atoms with van der Waals surface area (Å²) in [5, 5.41) is 13.8. The lowest BCUT2D eigenvalue weighted by molar-refractivity contribution is -0.385. The van der Waals surface area contributed by atoms with Crippen LogP contribution in [0.3, 0.4) is 0 Å². The van der Waals surface area contributed by atoms with Crippen LogP contribution in [0.25, 0.3) is 0 Å². The molecule has 8 nitrogen and oxygen atoms in total. The quantitative estimate of drug-likeness (QED) is 0.553. The summed E-state index contributed by atoms with van der Waals surface area (Å²) in [6.45, 7) is 5.02. The second-order valence-electron chi connectivity index (χ2n) is 6.41. The number of hydrogen-bond donors (Lipinski definition) is 1. The molecule has 3 rings (SSSR count). The van der Waals surface area contributed by atoms with Crippen molar-refractivity contribution in [2.75, 3.05) is 39.5 Å². The van der Waals surface area contributed by atoms with Crippen molar-refractivity contribution in [1.29, 1.82) is 0 Å². The summed E-state index contributed by atoms with van der Waals surface area (Å²) in [7, 11) is 0. The molecule has 0 aliphatic carbocycles. The third-order valence-electron chi connectivity index (χ3n) is 4.48. The average Bonchev–Trinajstić information content (AvgIpc) is 2.73. The van der Waals surface area contributed by atoms with Gasteiger partial charge in [-0.25, -0.2) is 0 Å². The van der Waals surface area contributed by atoms with Crippen LogP contribution in [0, 0.1) is 10.1 Å². The van der Waals surface area contributed by atoms with E-state index in [1.807, 2.05) is 24.3 Å². The van der Waals surface area contributed by atoms with Crippen molar-refractivity contribution in [3.8, 4) is 5.75 Å². The van der Waals surface area contributed by atoms with E-state index in [2.05, 4.69) is 10.2 Å². The molecule has 1 N–H and O–H groups in total. The van der Waals surface area contributed by atoms with Crippen LogP contribution >= 0.6 is 0 Å². The molecular weight excluding hydrogens is 362 g/mol. The van der Waals surface area contributed by atoms with E-state index in [1.54, 1.807) is 6.07 Å². The molecule has 2 aromatic carbocycles. The van der Waals surface area contributed by atoms with E-state index in [-0.39, 0.29) is 17.8 Å². The molecule has 2 aromatic rings. The van der Waals surface area contributed by atoms with Crippen LogP contribution < -0.4 is 10.1 Å². The number of nitro benzene ring substituents is 1. The van der Waals surface area contributed by atoms with Crippen LogP contribution in [-0.4, -0.2) is 55.2 Å². The van der Waals surface area contributed by atoms with Crippen LogP contribution in [0.1, 0.15) is 15.9 Å². The van der Waals surface area contributed by atoms with E-state index in [1.165, 1.54) is 18.2 Å². The molecule has 148 valence electrons. The fraction of sp³-hybridized carbons (Fsp3) is 0.350. The summed E-state index contributed by atoms with van der Waals surface area (Å²) in [6.07, 6.45) is 0. The Balaban J connectivity index is 1.51. The maximum absolute atomic E-state index is 12.3. The number of amides is 1. The second kappa shape index (κ2) is 9.82. The molecule has 0 unspecified atom stereocenters. The van der Waals surface area contributed by atoms with Gasteiger partial charge >= 0.3 is 0 Å². The standard InChI is InChI=1S/C20H23N3O5/c24-20(18-6-1-2-7-19(18)23(25)26)21-15-16-4-3-5-17(14-16)28-13-10-22-8-11-27-12-9-22/h1-7,14H,8-13,15H2,(H,21,24). The molecule has 1 saturated heterocycles. The Hall–Kier alpha value is -2.97. The van der Waals surface area contributed by atoms with E-state index in [4.69, 9.17) is 9.47 Å². The second-order valence-corrected chi connectivity index (χ2v) is 6.41. The van der Waals surface area contributed by atoms with Gasteiger partial charge in [0.05, 0.1) is 18.1 Å². The lowest BCUT2D eigenvalue weighted by Gasteiger charge is -2.26. The molecule has 0 spiro atoms. The minimum absolute atomic E-state index is 0.0467. The van der Waals surface area contributed by atoms with E-state index < -0.39 is 10.8 Å². The predicted octanol–water partition coefficient (Wildman–Crippen LogP) is 2.24. The number of carbonyl (C=O) groups is 1. The molecule has 0 atom stereocenters. The first-order chi connectivity index (χ1) is 13.6. The molecule has 1 heterocycles. The first-order valence-corrected chi connectivity index (χ1v) is 9.17. The highest BCUT2D eigenvalue weighted by Gasteiger charge is 2.18. The smallest absolute Gasteiger partial charge is 0.282 e. The molecule has 0 aromatic heterocycles. The van der Waals surface area contributed by atoms with E-state index in [9.17, 15) is 14.9 Å². The number of morpholine rings is 1. The van der Waals surface area contributed by atoms with Crippen LogP contribution in [0.5, 0.6) is 5.75 Å². The van der Waals surface area contributed by atoms with E-state index >= 15 is 0 Å². The zero-order valence-electron chi connectivity index (χ0n) is 15.5. The fourth-order valence-electron chi connectivity index (χ4n) is 2.97. The maximum atomic E-state index is 12.3. The highest BCUT2D eigenvalue weighted by Crippen LogP contribution is 2.18. The Kier molecular flexibility index (Phi) is 6.94. The van der Waals surface area contributed by atoms with Crippen LogP contribution in [0.4, 0.5) is 5.69 Å². The van der Waals surface area contributed by atoms with Crippen molar-refractivity contribution in [2.45, 2.75) is 6.54 Å². The summed E-state index contributed by atoms with van der Waals surface area (Å²) in [5.41, 5.74) is 0.696. The summed E-state index contributed by atoms with van der Waals surface area (Å²) in [5.74, 6) is 0.247. The van der Waals surface area contributed by atoms with E-state index in [0.717, 1.165) is 44.2 Å². The molecular formula is C20H23N3O5. The van der Waals surface area contributed by atoms with Gasteiger partial charge < -0.3 is 14.8 Å². The topological polar surface area (TPSA) is 93.9 Å². The van der Waals surface area contributed by atoms with Crippen LogP contribution in [-0.2, 0) is 11.3 Å². The van der Waals surface area contributed by atoms with Crippen LogP contribution in [0.2, 0.25) is 0 Å². The fourth-order valence-corrected chi connectivity index (χ4v) is 2.97. The Morgan fingerprint density at radius 2 is 1.96 bits per heavy atom. The number of rotatable bonds is 8. The Morgan fingerprint density at radius 1 is 1.18 bits per heavy atom. The molecule has 1 aliphatic rings. The highest BCUT2D eigenvalue weighted by molar-refractivity contribution is 5.98. The Morgan fingerprint density at radius 3 is 2.75 bits per heavy atom. The van der Waals surface area contributed by atoms with Crippen molar-refractivity contribution in [3.63, 3.8) is 0 Å². The van der Waals surface area contributed by atoms with Gasteiger partial charge in [-0.3, -0.25) is 19.8 Å². The molecule has 0 radical (unpaired) electrons. The Labute approximate surface area is 163 Å². The monoisotopic (exact) mass is 385 g/mol. The van der Waals surface area contributed by atoms with Crippen molar-refractivity contribution in [3.05, 3.63) is 69.8 Å². The lowest BCUT2D eigenvalue weighted by atomic mass is 10.1. The number of hydrogen-bond acceptors (Lipinski definition) is 6. The minimum Gasteiger partial charge on any atom is -0.492 e. The van der Waals surface area contributed by atoms with Crippen LogP contribution in [0.15, 0.2) is 48.5 Å². The van der Waals surface area contributed by atoms with Gasteiger partial charge in [0.25, 0.3) is 11.6 Å². The number of benzene rings is 2. The number of carbonyl (C=O) groups excluding carboxylic acids is 1.